The average molecular weight is 427 g/mol. The van der Waals surface area contributed by atoms with E-state index in [1.165, 1.54) is 11.3 Å². The van der Waals surface area contributed by atoms with E-state index in [9.17, 15) is 9.59 Å². The van der Waals surface area contributed by atoms with Gasteiger partial charge in [-0.25, -0.2) is 4.79 Å². The van der Waals surface area contributed by atoms with Gasteiger partial charge < -0.3 is 14.4 Å². The molecular formula is C12H13Br2NO4S. The molecule has 110 valence electrons. The van der Waals surface area contributed by atoms with Gasteiger partial charge in [-0.2, -0.15) is 0 Å². The maximum Gasteiger partial charge on any atom is 0.348 e. The van der Waals surface area contributed by atoms with Crippen LogP contribution in [0.3, 0.4) is 0 Å². The molecule has 1 aliphatic rings. The highest BCUT2D eigenvalue weighted by molar-refractivity contribution is 9.13. The summed E-state index contributed by atoms with van der Waals surface area (Å²) < 4.78 is 12.0. The fourth-order valence-electron chi connectivity index (χ4n) is 1.78. The predicted octanol–water partition coefficient (Wildman–Crippen LogP) is 2.68. The Balaban J connectivity index is 1.85. The Kier molecular flexibility index (Phi) is 5.59. The first-order valence-electron chi connectivity index (χ1n) is 5.98. The third kappa shape index (κ3) is 4.03. The molecule has 0 aliphatic carbocycles. The number of esters is 1. The van der Waals surface area contributed by atoms with Crippen LogP contribution in [0.15, 0.2) is 14.3 Å². The number of halogens is 2. The fourth-order valence-corrected chi connectivity index (χ4v) is 3.71. The summed E-state index contributed by atoms with van der Waals surface area (Å²) in [7, 11) is 0. The monoisotopic (exact) mass is 425 g/mol. The van der Waals surface area contributed by atoms with Crippen molar-refractivity contribution >= 4 is 55.1 Å². The lowest BCUT2D eigenvalue weighted by Gasteiger charge is -2.30. The van der Waals surface area contributed by atoms with E-state index in [0.29, 0.717) is 24.6 Å². The molecule has 8 heteroatoms. The van der Waals surface area contributed by atoms with E-state index in [0.717, 1.165) is 8.26 Å². The van der Waals surface area contributed by atoms with Crippen LogP contribution in [0.5, 0.6) is 0 Å². The van der Waals surface area contributed by atoms with Gasteiger partial charge in [0.2, 0.25) is 0 Å². The van der Waals surface area contributed by atoms with E-state index >= 15 is 0 Å². The van der Waals surface area contributed by atoms with Crippen molar-refractivity contribution in [3.63, 3.8) is 0 Å². The molecule has 0 N–H and O–H groups in total. The number of hydrogen-bond donors (Lipinski definition) is 0. The van der Waals surface area contributed by atoms with Gasteiger partial charge in [0.1, 0.15) is 4.88 Å². The SMILES string of the molecule is CC1CN(C(=O)COC(=O)c2cc(Br)c(Br)s2)CCO1. The third-order valence-electron chi connectivity index (χ3n) is 2.77. The van der Waals surface area contributed by atoms with Crippen molar-refractivity contribution in [2.45, 2.75) is 13.0 Å². The molecular weight excluding hydrogens is 414 g/mol. The molecule has 1 aromatic heterocycles. The summed E-state index contributed by atoms with van der Waals surface area (Å²) in [6.07, 6.45) is 0.0209. The topological polar surface area (TPSA) is 55.8 Å². The highest BCUT2D eigenvalue weighted by atomic mass is 79.9. The van der Waals surface area contributed by atoms with Crippen LogP contribution in [-0.2, 0) is 14.3 Å². The molecule has 0 saturated carbocycles. The standard InChI is InChI=1S/C12H13Br2NO4S/c1-7-5-15(2-3-18-7)10(16)6-19-12(17)9-4-8(13)11(14)20-9/h4,7H,2-3,5-6H2,1H3. The van der Waals surface area contributed by atoms with E-state index in [-0.39, 0.29) is 18.6 Å². The van der Waals surface area contributed by atoms with E-state index < -0.39 is 5.97 Å². The highest BCUT2D eigenvalue weighted by Crippen LogP contribution is 2.32. The van der Waals surface area contributed by atoms with E-state index in [2.05, 4.69) is 31.9 Å². The number of rotatable bonds is 3. The van der Waals surface area contributed by atoms with Crippen molar-refractivity contribution in [1.82, 2.24) is 4.90 Å². The summed E-state index contributed by atoms with van der Waals surface area (Å²) in [6.45, 7) is 3.26. The quantitative estimate of drug-likeness (QED) is 0.697. The van der Waals surface area contributed by atoms with Crippen molar-refractivity contribution in [1.29, 1.82) is 0 Å². The average Bonchev–Trinajstić information content (AvgIpc) is 2.76. The van der Waals surface area contributed by atoms with Crippen molar-refractivity contribution in [2.75, 3.05) is 26.3 Å². The number of hydrogen-bond acceptors (Lipinski definition) is 5. The van der Waals surface area contributed by atoms with Crippen LogP contribution >= 0.6 is 43.2 Å². The maximum absolute atomic E-state index is 11.9. The summed E-state index contributed by atoms with van der Waals surface area (Å²) in [5.41, 5.74) is 0. The van der Waals surface area contributed by atoms with Gasteiger partial charge in [0.15, 0.2) is 6.61 Å². The van der Waals surface area contributed by atoms with Crippen LogP contribution in [-0.4, -0.2) is 49.2 Å². The minimum Gasteiger partial charge on any atom is -0.451 e. The molecule has 1 aliphatic heterocycles. The number of carbonyl (C=O) groups is 2. The van der Waals surface area contributed by atoms with Gasteiger partial charge in [-0.15, -0.1) is 11.3 Å². The molecule has 1 fully saturated rings. The number of amides is 1. The Hall–Kier alpha value is -0.440. The number of morpholine rings is 1. The fraction of sp³-hybridized carbons (Fsp3) is 0.500. The molecule has 0 aromatic carbocycles. The summed E-state index contributed by atoms with van der Waals surface area (Å²) in [5.74, 6) is -0.681. The molecule has 1 unspecified atom stereocenters. The van der Waals surface area contributed by atoms with E-state index in [1.54, 1.807) is 11.0 Å². The molecule has 0 spiro atoms. The van der Waals surface area contributed by atoms with Crippen molar-refractivity contribution < 1.29 is 19.1 Å². The largest absolute Gasteiger partial charge is 0.451 e. The summed E-state index contributed by atoms with van der Waals surface area (Å²) in [5, 5.41) is 0. The second-order valence-electron chi connectivity index (χ2n) is 4.33. The van der Waals surface area contributed by atoms with Gasteiger partial charge in [-0.1, -0.05) is 0 Å². The van der Waals surface area contributed by atoms with Gasteiger partial charge in [0, 0.05) is 17.6 Å². The van der Waals surface area contributed by atoms with Crippen LogP contribution in [0, 0.1) is 0 Å². The van der Waals surface area contributed by atoms with E-state index in [4.69, 9.17) is 9.47 Å². The maximum atomic E-state index is 11.9. The third-order valence-corrected chi connectivity index (χ3v) is 6.00. The Bertz CT molecular complexity index is 500. The number of thiophene rings is 1. The molecule has 0 radical (unpaired) electrons. The first-order valence-corrected chi connectivity index (χ1v) is 8.39. The van der Waals surface area contributed by atoms with Gasteiger partial charge in [0.25, 0.3) is 5.91 Å². The molecule has 2 rings (SSSR count). The summed E-state index contributed by atoms with van der Waals surface area (Å²) in [6, 6.07) is 1.67. The molecule has 2 heterocycles. The predicted molar refractivity (Wildman–Crippen MR) is 82.0 cm³/mol. The lowest BCUT2D eigenvalue weighted by atomic mass is 10.3. The number of nitrogens with zero attached hydrogens (tertiary/aromatic N) is 1. The first kappa shape index (κ1) is 15.9. The molecule has 5 nitrogen and oxygen atoms in total. The smallest absolute Gasteiger partial charge is 0.348 e. The zero-order valence-electron chi connectivity index (χ0n) is 10.7. The summed E-state index contributed by atoms with van der Waals surface area (Å²) >= 11 is 7.87. The van der Waals surface area contributed by atoms with Gasteiger partial charge >= 0.3 is 5.97 Å². The summed E-state index contributed by atoms with van der Waals surface area (Å²) in [4.78, 5) is 25.8. The molecule has 0 bridgehead atoms. The van der Waals surface area contributed by atoms with Crippen LogP contribution in [0.25, 0.3) is 0 Å². The second-order valence-corrected chi connectivity index (χ2v) is 7.55. The van der Waals surface area contributed by atoms with Crippen LogP contribution in [0.1, 0.15) is 16.6 Å². The Morgan fingerprint density at radius 3 is 2.90 bits per heavy atom. The van der Waals surface area contributed by atoms with E-state index in [1.807, 2.05) is 6.92 Å². The lowest BCUT2D eigenvalue weighted by molar-refractivity contribution is -0.141. The molecule has 1 saturated heterocycles. The van der Waals surface area contributed by atoms with Crippen molar-refractivity contribution in [3.05, 3.63) is 19.2 Å². The molecule has 1 atom stereocenters. The van der Waals surface area contributed by atoms with Crippen LogP contribution in [0.2, 0.25) is 0 Å². The molecule has 1 amide bonds. The number of carbonyl (C=O) groups excluding carboxylic acids is 2. The second kappa shape index (κ2) is 7.02. The van der Waals surface area contributed by atoms with Crippen molar-refractivity contribution in [2.24, 2.45) is 0 Å². The Morgan fingerprint density at radius 1 is 1.55 bits per heavy atom. The Morgan fingerprint density at radius 2 is 2.30 bits per heavy atom. The lowest BCUT2D eigenvalue weighted by Crippen LogP contribution is -2.46. The number of ether oxygens (including phenoxy) is 2. The van der Waals surface area contributed by atoms with Crippen LogP contribution in [0.4, 0.5) is 0 Å². The minimum absolute atomic E-state index is 0.0209. The molecule has 20 heavy (non-hydrogen) atoms. The zero-order chi connectivity index (χ0) is 14.7. The normalized spacial score (nSPS) is 18.9. The zero-order valence-corrected chi connectivity index (χ0v) is 14.7. The highest BCUT2D eigenvalue weighted by Gasteiger charge is 2.23. The van der Waals surface area contributed by atoms with Gasteiger partial charge in [-0.3, -0.25) is 4.79 Å². The first-order chi connectivity index (χ1) is 9.47. The van der Waals surface area contributed by atoms with Crippen LogP contribution < -0.4 is 0 Å². The molecule has 1 aromatic rings. The Labute approximate surface area is 137 Å². The minimum atomic E-state index is -0.490. The van der Waals surface area contributed by atoms with Gasteiger partial charge in [-0.05, 0) is 44.8 Å². The van der Waals surface area contributed by atoms with Gasteiger partial charge in [0.05, 0.1) is 16.5 Å². The van der Waals surface area contributed by atoms with Crippen molar-refractivity contribution in [3.8, 4) is 0 Å².